The molecule has 3 aliphatic rings. The number of likely N-dealkylation sites (tertiary alicyclic amines) is 1. The molecule has 0 bridgehead atoms. The van der Waals surface area contributed by atoms with Crippen LogP contribution in [0.1, 0.15) is 42.6 Å². The molecule has 0 spiro atoms. The maximum atomic E-state index is 13.0. The van der Waals surface area contributed by atoms with E-state index in [9.17, 15) is 9.90 Å². The zero-order chi connectivity index (χ0) is 19.8. The number of hydrogen-bond donors (Lipinski definition) is 1. The number of rotatable bonds is 3. The van der Waals surface area contributed by atoms with Crippen LogP contribution < -0.4 is 0 Å². The van der Waals surface area contributed by atoms with Crippen molar-refractivity contribution < 1.29 is 19.1 Å². The third-order valence-electron chi connectivity index (χ3n) is 6.76. The van der Waals surface area contributed by atoms with E-state index in [-0.39, 0.29) is 11.8 Å². The molecule has 1 atom stereocenters. The summed E-state index contributed by atoms with van der Waals surface area (Å²) in [7, 11) is 0. The average molecular weight is 399 g/mol. The number of fused-ring (bicyclic) bond motifs is 3. The fourth-order valence-electron chi connectivity index (χ4n) is 5.24. The number of piperidine rings is 1. The summed E-state index contributed by atoms with van der Waals surface area (Å²) in [6.45, 7) is 5.08. The fourth-order valence-corrected chi connectivity index (χ4v) is 5.24. The van der Waals surface area contributed by atoms with E-state index in [1.807, 2.05) is 11.0 Å². The Morgan fingerprint density at radius 2 is 1.93 bits per heavy atom. The number of furan rings is 1. The Balaban J connectivity index is 1.37. The second-order valence-electron chi connectivity index (χ2n) is 8.66. The van der Waals surface area contributed by atoms with E-state index in [0.29, 0.717) is 38.6 Å². The maximum absolute atomic E-state index is 13.0. The summed E-state index contributed by atoms with van der Waals surface area (Å²) in [6, 6.07) is 3.65. The van der Waals surface area contributed by atoms with Crippen LogP contribution in [0, 0.1) is 5.92 Å². The number of morpholine rings is 1. The second kappa shape index (κ2) is 8.00. The first-order chi connectivity index (χ1) is 14.2. The molecule has 5 rings (SSSR count). The van der Waals surface area contributed by atoms with Crippen molar-refractivity contribution in [3.05, 3.63) is 29.0 Å². The van der Waals surface area contributed by atoms with Crippen LogP contribution in [0.3, 0.4) is 0 Å². The third-order valence-corrected chi connectivity index (χ3v) is 6.76. The second-order valence-corrected chi connectivity index (χ2v) is 8.66. The van der Waals surface area contributed by atoms with Gasteiger partial charge >= 0.3 is 0 Å². The average Bonchev–Trinajstić information content (AvgIpc) is 3.15. The lowest BCUT2D eigenvalue weighted by molar-refractivity contribution is -0.141. The van der Waals surface area contributed by atoms with Crippen molar-refractivity contribution in [1.29, 1.82) is 0 Å². The van der Waals surface area contributed by atoms with Gasteiger partial charge in [-0.3, -0.25) is 9.69 Å². The molecule has 3 heterocycles. The zero-order valence-electron chi connectivity index (χ0n) is 17.0. The standard InChI is InChI=1S/C23H30N2O4/c26-19-7-8-21-22(17-5-1-2-6-20(17)29-21)18(19)15-24-9-3-4-16(14-24)23(27)25-10-12-28-13-11-25/h7-8,16,26H,1-6,9-15H2/t16-/m1/s1. The van der Waals surface area contributed by atoms with Gasteiger partial charge in [0.25, 0.3) is 0 Å². The van der Waals surface area contributed by atoms with Gasteiger partial charge in [-0.2, -0.15) is 0 Å². The topological polar surface area (TPSA) is 66.2 Å². The summed E-state index contributed by atoms with van der Waals surface area (Å²) in [5, 5.41) is 11.8. The van der Waals surface area contributed by atoms with Crippen LogP contribution in [-0.4, -0.2) is 60.2 Å². The molecule has 2 saturated heterocycles. The Labute approximate surface area is 171 Å². The smallest absolute Gasteiger partial charge is 0.227 e. The highest BCUT2D eigenvalue weighted by atomic mass is 16.5. The molecule has 2 fully saturated rings. The van der Waals surface area contributed by atoms with Crippen molar-refractivity contribution in [3.8, 4) is 5.75 Å². The number of phenols is 1. The Morgan fingerprint density at radius 3 is 2.79 bits per heavy atom. The van der Waals surface area contributed by atoms with Crippen molar-refractivity contribution in [2.24, 2.45) is 5.92 Å². The van der Waals surface area contributed by atoms with E-state index < -0.39 is 0 Å². The lowest BCUT2D eigenvalue weighted by Crippen LogP contribution is -2.48. The van der Waals surface area contributed by atoms with Gasteiger partial charge in [-0.25, -0.2) is 0 Å². The molecule has 1 aromatic carbocycles. The molecule has 6 heteroatoms. The molecule has 2 aromatic rings. The summed E-state index contributed by atoms with van der Waals surface area (Å²) in [6.07, 6.45) is 6.33. The molecule has 0 saturated carbocycles. The van der Waals surface area contributed by atoms with Gasteiger partial charge in [0.15, 0.2) is 0 Å². The number of phenolic OH excluding ortho intramolecular Hbond substituents is 1. The van der Waals surface area contributed by atoms with Crippen LogP contribution in [-0.2, 0) is 28.9 Å². The van der Waals surface area contributed by atoms with Gasteiger partial charge in [-0.15, -0.1) is 0 Å². The van der Waals surface area contributed by atoms with E-state index in [1.165, 1.54) is 18.4 Å². The van der Waals surface area contributed by atoms with Crippen molar-refractivity contribution in [3.63, 3.8) is 0 Å². The maximum Gasteiger partial charge on any atom is 0.227 e. The fraction of sp³-hybridized carbons (Fsp3) is 0.609. The molecule has 6 nitrogen and oxygen atoms in total. The normalized spacial score (nSPS) is 23.3. The Hall–Kier alpha value is -2.05. The molecule has 2 aliphatic heterocycles. The zero-order valence-corrected chi connectivity index (χ0v) is 17.0. The number of nitrogens with zero attached hydrogens (tertiary/aromatic N) is 2. The Kier molecular flexibility index (Phi) is 5.22. The lowest BCUT2D eigenvalue weighted by atomic mass is 9.92. The van der Waals surface area contributed by atoms with Crippen molar-refractivity contribution in [1.82, 2.24) is 9.80 Å². The monoisotopic (exact) mass is 398 g/mol. The molecule has 0 unspecified atom stereocenters. The van der Waals surface area contributed by atoms with Crippen molar-refractivity contribution in [2.45, 2.75) is 45.1 Å². The molecule has 1 amide bonds. The third kappa shape index (κ3) is 3.64. The number of carbonyl (C=O) groups is 1. The molecular weight excluding hydrogens is 368 g/mol. The van der Waals surface area contributed by atoms with Gasteiger partial charge in [-0.1, -0.05) is 0 Å². The first-order valence-corrected chi connectivity index (χ1v) is 11.0. The van der Waals surface area contributed by atoms with Crippen molar-refractivity contribution in [2.75, 3.05) is 39.4 Å². The van der Waals surface area contributed by atoms with Crippen LogP contribution in [0.15, 0.2) is 16.5 Å². The predicted molar refractivity (Wildman–Crippen MR) is 110 cm³/mol. The number of carbonyl (C=O) groups excluding carboxylic acids is 1. The molecule has 1 aromatic heterocycles. The van der Waals surface area contributed by atoms with Gasteiger partial charge in [-0.05, 0) is 50.8 Å². The lowest BCUT2D eigenvalue weighted by Gasteiger charge is -2.36. The van der Waals surface area contributed by atoms with Crippen LogP contribution in [0.2, 0.25) is 0 Å². The van der Waals surface area contributed by atoms with E-state index >= 15 is 0 Å². The summed E-state index contributed by atoms with van der Waals surface area (Å²) in [4.78, 5) is 17.3. The SMILES string of the molecule is O=C([C@@H]1CCCN(Cc2c(O)ccc3oc4c(c23)CCCC4)C1)N1CCOCC1. The molecule has 156 valence electrons. The van der Waals surface area contributed by atoms with E-state index in [4.69, 9.17) is 9.15 Å². The van der Waals surface area contributed by atoms with Gasteiger partial charge in [0.1, 0.15) is 17.1 Å². The minimum absolute atomic E-state index is 0.0430. The van der Waals surface area contributed by atoms with Gasteiger partial charge < -0.3 is 19.2 Å². The molecular formula is C23H30N2O4. The highest BCUT2D eigenvalue weighted by Crippen LogP contribution is 2.38. The molecule has 0 radical (unpaired) electrons. The highest BCUT2D eigenvalue weighted by molar-refractivity contribution is 5.88. The van der Waals surface area contributed by atoms with E-state index in [2.05, 4.69) is 4.90 Å². The summed E-state index contributed by atoms with van der Waals surface area (Å²) < 4.78 is 11.5. The van der Waals surface area contributed by atoms with Crippen LogP contribution in [0.25, 0.3) is 11.0 Å². The van der Waals surface area contributed by atoms with Gasteiger partial charge in [0, 0.05) is 49.1 Å². The first-order valence-electron chi connectivity index (χ1n) is 11.0. The predicted octanol–water partition coefficient (Wildman–Crippen LogP) is 3.09. The minimum Gasteiger partial charge on any atom is -0.508 e. The summed E-state index contributed by atoms with van der Waals surface area (Å²) >= 11 is 0. The Morgan fingerprint density at radius 1 is 1.10 bits per heavy atom. The highest BCUT2D eigenvalue weighted by Gasteiger charge is 2.31. The minimum atomic E-state index is 0.0430. The van der Waals surface area contributed by atoms with E-state index in [0.717, 1.165) is 61.1 Å². The molecule has 1 aliphatic carbocycles. The Bertz CT molecular complexity index is 900. The number of aromatic hydroxyl groups is 1. The first kappa shape index (κ1) is 18.9. The van der Waals surface area contributed by atoms with Gasteiger partial charge in [0.05, 0.1) is 19.1 Å². The number of ether oxygens (including phenoxy) is 1. The van der Waals surface area contributed by atoms with Gasteiger partial charge in [0.2, 0.25) is 5.91 Å². The number of hydrogen-bond acceptors (Lipinski definition) is 5. The molecule has 1 N–H and O–H groups in total. The largest absolute Gasteiger partial charge is 0.508 e. The van der Waals surface area contributed by atoms with E-state index in [1.54, 1.807) is 6.07 Å². The van der Waals surface area contributed by atoms with Crippen LogP contribution in [0.5, 0.6) is 5.75 Å². The number of amides is 1. The quantitative estimate of drug-likeness (QED) is 0.861. The van der Waals surface area contributed by atoms with Crippen LogP contribution in [0.4, 0.5) is 0 Å². The summed E-state index contributed by atoms with van der Waals surface area (Å²) in [5.41, 5.74) is 3.15. The van der Waals surface area contributed by atoms with Crippen molar-refractivity contribution >= 4 is 16.9 Å². The van der Waals surface area contributed by atoms with Crippen LogP contribution >= 0.6 is 0 Å². The summed E-state index contributed by atoms with van der Waals surface area (Å²) in [5.74, 6) is 1.74. The molecule has 29 heavy (non-hydrogen) atoms. The number of aryl methyl sites for hydroxylation is 2. The number of benzene rings is 1.